The number of carbonyl (C=O) groups is 1. The summed E-state index contributed by atoms with van der Waals surface area (Å²) in [7, 11) is 0. The molecule has 0 spiro atoms. The van der Waals surface area contributed by atoms with Crippen molar-refractivity contribution < 1.29 is 4.79 Å². The molecule has 1 aliphatic rings. The van der Waals surface area contributed by atoms with E-state index >= 15 is 0 Å². The van der Waals surface area contributed by atoms with Gasteiger partial charge in [-0.25, -0.2) is 0 Å². The normalized spacial score (nSPS) is 21.3. The molecule has 0 aromatic carbocycles. The zero-order valence-electron chi connectivity index (χ0n) is 11.7. The fourth-order valence-electron chi connectivity index (χ4n) is 2.75. The summed E-state index contributed by atoms with van der Waals surface area (Å²) in [5, 5.41) is 2.90. The zero-order chi connectivity index (χ0) is 13.8. The van der Waals surface area contributed by atoms with E-state index < -0.39 is 0 Å². The van der Waals surface area contributed by atoms with Gasteiger partial charge in [0, 0.05) is 24.7 Å². The maximum Gasteiger partial charge on any atom is 0.250 e. The van der Waals surface area contributed by atoms with Gasteiger partial charge in [0.15, 0.2) is 0 Å². The molecule has 1 aromatic heterocycles. The standard InChI is InChI=1S/C14H21N3O2.ClH/c1-2-17-9-11(6-7-13(17)18)16-14(19)12-5-3-4-10(12)8-15;/h6-7,9-10,12H,2-5,8,15H2,1H3,(H,16,19);1H/t10-,12-;/m1./s1. The second-order valence-electron chi connectivity index (χ2n) is 5.06. The van der Waals surface area contributed by atoms with Crippen LogP contribution in [0, 0.1) is 11.8 Å². The van der Waals surface area contributed by atoms with Gasteiger partial charge in [-0.05, 0) is 38.3 Å². The predicted molar refractivity (Wildman–Crippen MR) is 82.1 cm³/mol. The number of pyridine rings is 1. The highest BCUT2D eigenvalue weighted by Gasteiger charge is 2.31. The molecule has 1 amide bonds. The number of halogens is 1. The molecule has 2 atom stereocenters. The first-order valence-corrected chi connectivity index (χ1v) is 6.87. The summed E-state index contributed by atoms with van der Waals surface area (Å²) in [5.41, 5.74) is 6.32. The predicted octanol–water partition coefficient (Wildman–Crippen LogP) is 1.60. The van der Waals surface area contributed by atoms with Crippen molar-refractivity contribution in [1.29, 1.82) is 0 Å². The molecule has 1 heterocycles. The minimum Gasteiger partial charge on any atom is -0.330 e. The van der Waals surface area contributed by atoms with Crippen LogP contribution in [-0.2, 0) is 11.3 Å². The minimum absolute atomic E-state index is 0. The van der Waals surface area contributed by atoms with Gasteiger partial charge in [-0.3, -0.25) is 9.59 Å². The molecule has 112 valence electrons. The van der Waals surface area contributed by atoms with Crippen LogP contribution in [-0.4, -0.2) is 17.0 Å². The van der Waals surface area contributed by atoms with Gasteiger partial charge in [-0.2, -0.15) is 0 Å². The maximum atomic E-state index is 12.2. The molecule has 20 heavy (non-hydrogen) atoms. The lowest BCUT2D eigenvalue weighted by atomic mass is 9.95. The third kappa shape index (κ3) is 3.61. The number of aromatic nitrogens is 1. The van der Waals surface area contributed by atoms with E-state index in [0.29, 0.717) is 18.8 Å². The van der Waals surface area contributed by atoms with Crippen molar-refractivity contribution in [3.63, 3.8) is 0 Å². The Kier molecular flexibility index (Phi) is 6.23. The van der Waals surface area contributed by atoms with E-state index in [1.165, 1.54) is 6.07 Å². The fourth-order valence-corrected chi connectivity index (χ4v) is 2.75. The summed E-state index contributed by atoms with van der Waals surface area (Å²) >= 11 is 0. The number of nitrogens with one attached hydrogen (secondary N) is 1. The molecule has 1 fully saturated rings. The minimum atomic E-state index is -0.0544. The topological polar surface area (TPSA) is 77.1 Å². The Labute approximate surface area is 125 Å². The van der Waals surface area contributed by atoms with E-state index in [9.17, 15) is 9.59 Å². The number of carbonyl (C=O) groups excluding carboxylic acids is 1. The first kappa shape index (κ1) is 16.7. The van der Waals surface area contributed by atoms with Crippen LogP contribution in [0.15, 0.2) is 23.1 Å². The lowest BCUT2D eigenvalue weighted by molar-refractivity contribution is -0.120. The third-order valence-corrected chi connectivity index (χ3v) is 3.89. The van der Waals surface area contributed by atoms with Crippen molar-refractivity contribution in [1.82, 2.24) is 4.57 Å². The van der Waals surface area contributed by atoms with Crippen molar-refractivity contribution in [2.45, 2.75) is 32.7 Å². The highest BCUT2D eigenvalue weighted by atomic mass is 35.5. The molecule has 6 heteroatoms. The highest BCUT2D eigenvalue weighted by Crippen LogP contribution is 2.31. The fraction of sp³-hybridized carbons (Fsp3) is 0.571. The number of rotatable bonds is 4. The van der Waals surface area contributed by atoms with Crippen LogP contribution >= 0.6 is 12.4 Å². The first-order valence-electron chi connectivity index (χ1n) is 6.87. The molecule has 0 radical (unpaired) electrons. The Bertz CT molecular complexity index is 515. The Hall–Kier alpha value is -1.33. The monoisotopic (exact) mass is 299 g/mol. The van der Waals surface area contributed by atoms with Gasteiger partial charge >= 0.3 is 0 Å². The molecule has 2 rings (SSSR count). The number of hydrogen-bond acceptors (Lipinski definition) is 3. The zero-order valence-corrected chi connectivity index (χ0v) is 12.5. The van der Waals surface area contributed by atoms with Crippen LogP contribution in [0.3, 0.4) is 0 Å². The number of aryl methyl sites for hydroxylation is 1. The number of hydrogen-bond donors (Lipinski definition) is 2. The second-order valence-corrected chi connectivity index (χ2v) is 5.06. The van der Waals surface area contributed by atoms with E-state index in [4.69, 9.17) is 5.73 Å². The van der Waals surface area contributed by atoms with Crippen LogP contribution in [0.25, 0.3) is 0 Å². The van der Waals surface area contributed by atoms with E-state index in [-0.39, 0.29) is 35.7 Å². The number of amides is 1. The van der Waals surface area contributed by atoms with E-state index in [2.05, 4.69) is 5.32 Å². The van der Waals surface area contributed by atoms with Gasteiger partial charge in [0.2, 0.25) is 5.91 Å². The summed E-state index contributed by atoms with van der Waals surface area (Å²) in [6, 6.07) is 3.13. The van der Waals surface area contributed by atoms with Crippen molar-refractivity contribution >= 4 is 24.0 Å². The van der Waals surface area contributed by atoms with E-state index in [1.807, 2.05) is 6.92 Å². The van der Waals surface area contributed by atoms with Gasteiger partial charge in [-0.1, -0.05) is 6.42 Å². The lowest BCUT2D eigenvalue weighted by Crippen LogP contribution is -2.30. The average Bonchev–Trinajstić information content (AvgIpc) is 2.89. The van der Waals surface area contributed by atoms with E-state index in [0.717, 1.165) is 19.3 Å². The quantitative estimate of drug-likeness (QED) is 0.886. The van der Waals surface area contributed by atoms with Gasteiger partial charge in [0.25, 0.3) is 5.56 Å². The van der Waals surface area contributed by atoms with Crippen LogP contribution in [0.5, 0.6) is 0 Å². The molecular formula is C14H22ClN3O2. The lowest BCUT2D eigenvalue weighted by Gasteiger charge is -2.17. The second kappa shape index (κ2) is 7.45. The summed E-state index contributed by atoms with van der Waals surface area (Å²) in [6.45, 7) is 3.05. The smallest absolute Gasteiger partial charge is 0.250 e. The molecule has 0 aliphatic heterocycles. The molecule has 1 aliphatic carbocycles. The molecule has 1 saturated carbocycles. The van der Waals surface area contributed by atoms with E-state index in [1.54, 1.807) is 16.8 Å². The SMILES string of the molecule is CCn1cc(NC(=O)[C@@H]2CCC[C@@H]2CN)ccc1=O.Cl. The van der Waals surface area contributed by atoms with Crippen LogP contribution in [0.2, 0.25) is 0 Å². The first-order chi connectivity index (χ1) is 9.15. The van der Waals surface area contributed by atoms with Crippen LogP contribution < -0.4 is 16.6 Å². The molecule has 0 bridgehead atoms. The largest absolute Gasteiger partial charge is 0.330 e. The molecule has 0 saturated heterocycles. The number of anilines is 1. The Morgan fingerprint density at radius 2 is 2.20 bits per heavy atom. The third-order valence-electron chi connectivity index (χ3n) is 3.89. The number of nitrogens with two attached hydrogens (primary N) is 1. The van der Waals surface area contributed by atoms with Crippen molar-refractivity contribution in [2.24, 2.45) is 17.6 Å². The Morgan fingerprint density at radius 3 is 2.85 bits per heavy atom. The molecule has 0 unspecified atom stereocenters. The van der Waals surface area contributed by atoms with Gasteiger partial charge in [-0.15, -0.1) is 12.4 Å². The van der Waals surface area contributed by atoms with Gasteiger partial charge < -0.3 is 15.6 Å². The van der Waals surface area contributed by atoms with Crippen LogP contribution in [0.1, 0.15) is 26.2 Å². The molecular weight excluding hydrogens is 278 g/mol. The Balaban J connectivity index is 0.00000200. The van der Waals surface area contributed by atoms with Crippen molar-refractivity contribution in [3.05, 3.63) is 28.7 Å². The summed E-state index contributed by atoms with van der Waals surface area (Å²) in [4.78, 5) is 23.7. The van der Waals surface area contributed by atoms with Gasteiger partial charge in [0.05, 0.1) is 5.69 Å². The maximum absolute atomic E-state index is 12.2. The van der Waals surface area contributed by atoms with Gasteiger partial charge in [0.1, 0.15) is 0 Å². The summed E-state index contributed by atoms with van der Waals surface area (Å²) in [5.74, 6) is 0.318. The van der Waals surface area contributed by atoms with Crippen molar-refractivity contribution in [3.8, 4) is 0 Å². The van der Waals surface area contributed by atoms with Crippen molar-refractivity contribution in [2.75, 3.05) is 11.9 Å². The summed E-state index contributed by atoms with van der Waals surface area (Å²) in [6.07, 6.45) is 4.69. The average molecular weight is 300 g/mol. The molecule has 5 nitrogen and oxygen atoms in total. The Morgan fingerprint density at radius 1 is 1.45 bits per heavy atom. The number of nitrogens with zero attached hydrogens (tertiary/aromatic N) is 1. The molecule has 1 aromatic rings. The molecule has 3 N–H and O–H groups in total. The highest BCUT2D eigenvalue weighted by molar-refractivity contribution is 5.92. The van der Waals surface area contributed by atoms with Crippen LogP contribution in [0.4, 0.5) is 5.69 Å². The summed E-state index contributed by atoms with van der Waals surface area (Å²) < 4.78 is 1.57.